The van der Waals surface area contributed by atoms with Crippen LogP contribution >= 0.6 is 0 Å². The molecule has 0 aliphatic rings. The van der Waals surface area contributed by atoms with E-state index in [0.29, 0.717) is 0 Å². The van der Waals surface area contributed by atoms with Crippen molar-refractivity contribution in [2.24, 2.45) is 4.99 Å². The molecule has 0 saturated carbocycles. The van der Waals surface area contributed by atoms with Crippen molar-refractivity contribution in [1.29, 1.82) is 0 Å². The van der Waals surface area contributed by atoms with Crippen LogP contribution < -0.4 is 0 Å². The minimum atomic E-state index is -0.0724. The van der Waals surface area contributed by atoms with Crippen LogP contribution in [0.4, 0.5) is 0 Å². The smallest absolute Gasteiger partial charge is 0.109 e. The zero-order valence-electron chi connectivity index (χ0n) is 13.9. The fraction of sp³-hybridized carbons (Fsp3) is 0.350. The molecule has 0 atom stereocenters. The summed E-state index contributed by atoms with van der Waals surface area (Å²) in [6, 6.07) is 17.2. The van der Waals surface area contributed by atoms with Crippen LogP contribution in [0.25, 0.3) is 21.8 Å². The van der Waals surface area contributed by atoms with Gasteiger partial charge in [-0.15, -0.1) is 0 Å². The lowest BCUT2D eigenvalue weighted by Gasteiger charge is -2.18. The number of nitrogens with zero attached hydrogens (tertiary/aromatic N) is 2. The maximum Gasteiger partial charge on any atom is 0.109 e. The highest BCUT2D eigenvalue weighted by molar-refractivity contribution is 6.14. The number of fused-ring (bicyclic) bond motifs is 3. The van der Waals surface area contributed by atoms with E-state index in [9.17, 15) is 0 Å². The Balaban J connectivity index is 2.38. The molecule has 2 nitrogen and oxygen atoms in total. The Labute approximate surface area is 132 Å². The molecule has 0 spiro atoms. The van der Waals surface area contributed by atoms with E-state index >= 15 is 0 Å². The van der Waals surface area contributed by atoms with Gasteiger partial charge < -0.3 is 0 Å². The topological polar surface area (TPSA) is 17.3 Å². The summed E-state index contributed by atoms with van der Waals surface area (Å²) >= 11 is 0. The van der Waals surface area contributed by atoms with E-state index in [1.807, 2.05) is 0 Å². The highest BCUT2D eigenvalue weighted by Crippen LogP contribution is 2.29. The minimum Gasteiger partial charge on any atom is -0.298 e. The number of rotatable bonds is 2. The van der Waals surface area contributed by atoms with Crippen molar-refractivity contribution in [3.63, 3.8) is 0 Å². The van der Waals surface area contributed by atoms with E-state index in [1.165, 1.54) is 21.8 Å². The first kappa shape index (κ1) is 14.8. The van der Waals surface area contributed by atoms with Gasteiger partial charge in [0.05, 0.1) is 16.6 Å². The predicted octanol–water partition coefficient (Wildman–Crippen LogP) is 5.64. The van der Waals surface area contributed by atoms with Crippen LogP contribution in [0.2, 0.25) is 0 Å². The Morgan fingerprint density at radius 2 is 1.41 bits per heavy atom. The number of aliphatic imine (C=N–C) groups is 1. The molecule has 2 aromatic carbocycles. The molecule has 3 aromatic rings. The Morgan fingerprint density at radius 1 is 0.909 bits per heavy atom. The molecule has 22 heavy (non-hydrogen) atoms. The first-order valence-corrected chi connectivity index (χ1v) is 8.08. The van der Waals surface area contributed by atoms with Crippen LogP contribution in [0, 0.1) is 0 Å². The highest BCUT2D eigenvalue weighted by Gasteiger charge is 2.16. The largest absolute Gasteiger partial charge is 0.298 e. The van der Waals surface area contributed by atoms with Crippen LogP contribution in [-0.2, 0) is 0 Å². The average Bonchev–Trinajstić information content (AvgIpc) is 2.80. The second kappa shape index (κ2) is 5.60. The first-order chi connectivity index (χ1) is 10.5. The average molecular weight is 292 g/mol. The number of hydrogen-bond acceptors (Lipinski definition) is 1. The molecule has 0 fully saturated rings. The second-order valence-corrected chi connectivity index (χ2v) is 6.82. The van der Waals surface area contributed by atoms with Gasteiger partial charge in [0, 0.05) is 17.2 Å². The number of benzene rings is 2. The molecule has 0 saturated heterocycles. The molecule has 3 rings (SSSR count). The van der Waals surface area contributed by atoms with Gasteiger partial charge in [0.15, 0.2) is 0 Å². The summed E-state index contributed by atoms with van der Waals surface area (Å²) in [5, 5.41) is 2.60. The van der Waals surface area contributed by atoms with Crippen LogP contribution in [-0.4, -0.2) is 15.9 Å². The molecule has 0 aliphatic carbocycles. The molecular formula is C20H24N2. The molecule has 0 aliphatic heterocycles. The van der Waals surface area contributed by atoms with E-state index < -0.39 is 0 Å². The van der Waals surface area contributed by atoms with Gasteiger partial charge in [-0.05, 0) is 39.3 Å². The third kappa shape index (κ3) is 2.66. The first-order valence-electron chi connectivity index (χ1n) is 8.08. The number of hydrogen-bond donors (Lipinski definition) is 0. The molecular weight excluding hydrogens is 268 g/mol. The van der Waals surface area contributed by atoms with Gasteiger partial charge >= 0.3 is 0 Å². The fourth-order valence-corrected chi connectivity index (χ4v) is 3.03. The number of aromatic nitrogens is 1. The van der Waals surface area contributed by atoms with Crippen LogP contribution in [0.5, 0.6) is 0 Å². The second-order valence-electron chi connectivity index (χ2n) is 6.82. The summed E-state index contributed by atoms with van der Waals surface area (Å²) in [6.45, 7) is 8.70. The maximum atomic E-state index is 5.02. The summed E-state index contributed by atoms with van der Waals surface area (Å²) in [4.78, 5) is 5.02. The molecule has 0 N–H and O–H groups in total. The molecule has 0 amide bonds. The zero-order valence-corrected chi connectivity index (χ0v) is 13.9. The van der Waals surface area contributed by atoms with Gasteiger partial charge in [-0.25, -0.2) is 0 Å². The normalized spacial score (nSPS) is 13.2. The van der Waals surface area contributed by atoms with Crippen LogP contribution in [0.3, 0.4) is 0 Å². The van der Waals surface area contributed by atoms with Crippen molar-refractivity contribution in [2.75, 3.05) is 0 Å². The van der Waals surface area contributed by atoms with Crippen molar-refractivity contribution < 1.29 is 0 Å². The third-order valence-corrected chi connectivity index (χ3v) is 3.78. The van der Waals surface area contributed by atoms with Crippen molar-refractivity contribution in [1.82, 2.24) is 4.57 Å². The molecule has 114 valence electrons. The van der Waals surface area contributed by atoms with E-state index in [1.54, 1.807) is 0 Å². The molecule has 1 aromatic heterocycles. The van der Waals surface area contributed by atoms with Gasteiger partial charge in [0.1, 0.15) is 5.84 Å². The van der Waals surface area contributed by atoms with Crippen LogP contribution in [0.1, 0.15) is 40.5 Å². The monoisotopic (exact) mass is 292 g/mol. The Kier molecular flexibility index (Phi) is 3.78. The van der Waals surface area contributed by atoms with Crippen molar-refractivity contribution >= 4 is 27.6 Å². The minimum absolute atomic E-state index is 0.0724. The standard InChI is InChI=1S/C20H24N2/c1-5-10-19(21-20(2,3)4)22-17-13-8-6-11-15(17)16-12-7-9-14-18(16)22/h6-9,11-14H,5,10H2,1-4H3. The summed E-state index contributed by atoms with van der Waals surface area (Å²) in [7, 11) is 0. The van der Waals surface area contributed by atoms with Gasteiger partial charge in [-0.3, -0.25) is 9.56 Å². The fourth-order valence-electron chi connectivity index (χ4n) is 3.03. The van der Waals surface area contributed by atoms with E-state index in [0.717, 1.165) is 18.7 Å². The molecule has 0 radical (unpaired) electrons. The van der Waals surface area contributed by atoms with Crippen molar-refractivity contribution in [2.45, 2.75) is 46.1 Å². The molecule has 1 heterocycles. The third-order valence-electron chi connectivity index (χ3n) is 3.78. The predicted molar refractivity (Wildman–Crippen MR) is 96.9 cm³/mol. The Hall–Kier alpha value is -2.09. The van der Waals surface area contributed by atoms with E-state index in [2.05, 4.69) is 80.8 Å². The summed E-state index contributed by atoms with van der Waals surface area (Å²) < 4.78 is 2.35. The summed E-state index contributed by atoms with van der Waals surface area (Å²) in [6.07, 6.45) is 2.08. The van der Waals surface area contributed by atoms with Gasteiger partial charge in [-0.2, -0.15) is 0 Å². The zero-order chi connectivity index (χ0) is 15.7. The van der Waals surface area contributed by atoms with E-state index in [-0.39, 0.29) is 5.54 Å². The Morgan fingerprint density at radius 3 is 1.86 bits per heavy atom. The lowest BCUT2D eigenvalue weighted by atomic mass is 10.1. The van der Waals surface area contributed by atoms with Gasteiger partial charge in [0.25, 0.3) is 0 Å². The highest BCUT2D eigenvalue weighted by atomic mass is 15.1. The van der Waals surface area contributed by atoms with Gasteiger partial charge in [0.2, 0.25) is 0 Å². The quantitative estimate of drug-likeness (QED) is 0.429. The summed E-state index contributed by atoms with van der Waals surface area (Å²) in [5.74, 6) is 1.16. The lowest BCUT2D eigenvalue weighted by molar-refractivity contribution is 0.578. The molecule has 0 unspecified atom stereocenters. The van der Waals surface area contributed by atoms with Crippen LogP contribution in [0.15, 0.2) is 53.5 Å². The lowest BCUT2D eigenvalue weighted by Crippen LogP contribution is -2.19. The maximum absolute atomic E-state index is 5.02. The van der Waals surface area contributed by atoms with Crippen molar-refractivity contribution in [3.05, 3.63) is 48.5 Å². The molecule has 0 bridgehead atoms. The van der Waals surface area contributed by atoms with Crippen molar-refractivity contribution in [3.8, 4) is 0 Å². The number of para-hydroxylation sites is 2. The molecule has 2 heteroatoms. The Bertz CT molecular complexity index is 778. The SMILES string of the molecule is CCCC(=NC(C)(C)C)n1c2ccccc2c2ccccc21. The van der Waals surface area contributed by atoms with Gasteiger partial charge in [-0.1, -0.05) is 43.3 Å². The summed E-state index contributed by atoms with van der Waals surface area (Å²) in [5.41, 5.74) is 2.43. The van der Waals surface area contributed by atoms with E-state index in [4.69, 9.17) is 4.99 Å².